The van der Waals surface area contributed by atoms with E-state index in [9.17, 15) is 5.11 Å². The van der Waals surface area contributed by atoms with Crippen LogP contribution in [0.15, 0.2) is 34.9 Å². The maximum Gasteiger partial charge on any atom is 0.134 e. The monoisotopic (exact) mass is 287 g/mol. The molecule has 2 unspecified atom stereocenters. The number of benzene rings is 1. The van der Waals surface area contributed by atoms with Crippen molar-refractivity contribution >= 4 is 34.2 Å². The van der Waals surface area contributed by atoms with Gasteiger partial charge in [-0.25, -0.2) is 0 Å². The molecule has 2 N–H and O–H groups in total. The van der Waals surface area contributed by atoms with Gasteiger partial charge in [0.1, 0.15) is 16.0 Å². The maximum absolute atomic E-state index is 10.6. The Hall–Kier alpha value is -0.740. The van der Waals surface area contributed by atoms with Gasteiger partial charge in [-0.1, -0.05) is 12.1 Å². The predicted molar refractivity (Wildman–Crippen MR) is 74.1 cm³/mol. The summed E-state index contributed by atoms with van der Waals surface area (Å²) in [4.78, 5) is -0.725. The minimum absolute atomic E-state index is 0.478. The Balaban J connectivity index is 2.44. The van der Waals surface area contributed by atoms with Gasteiger partial charge in [-0.2, -0.15) is 0 Å². The number of nitrogens with one attached hydrogen (secondary N) is 1. The highest BCUT2D eigenvalue weighted by atomic mass is 35.5. The smallest absolute Gasteiger partial charge is 0.134 e. The lowest BCUT2D eigenvalue weighted by atomic mass is 9.88. The summed E-state index contributed by atoms with van der Waals surface area (Å²) >= 11 is 11.8. The first-order valence-corrected chi connectivity index (χ1v) is 6.49. The van der Waals surface area contributed by atoms with Crippen LogP contribution >= 0.6 is 23.2 Å². The van der Waals surface area contributed by atoms with Crippen LogP contribution in [0, 0.1) is 0 Å². The molecule has 0 spiro atoms. The number of fused-ring (bicyclic) bond motifs is 1. The van der Waals surface area contributed by atoms with Gasteiger partial charge in [0, 0.05) is 5.39 Å². The Labute approximate surface area is 116 Å². The van der Waals surface area contributed by atoms with Gasteiger partial charge in [0.2, 0.25) is 0 Å². The Morgan fingerprint density at radius 2 is 2.06 bits per heavy atom. The summed E-state index contributed by atoms with van der Waals surface area (Å²) in [5.74, 6) is 0. The van der Waals surface area contributed by atoms with Crippen molar-refractivity contribution in [2.24, 2.45) is 0 Å². The zero-order valence-electron chi connectivity index (χ0n) is 10.2. The second-order valence-electron chi connectivity index (χ2n) is 4.42. The highest BCUT2D eigenvalue weighted by molar-refractivity contribution is 6.44. The molecule has 2 atom stereocenters. The molecule has 1 aromatic carbocycles. The minimum atomic E-state index is -1.19. The number of likely N-dealkylation sites (N-methyl/N-ethyl adjacent to an activating group) is 1. The molecule has 2 rings (SSSR count). The number of hydrogen-bond donors (Lipinski definition) is 2. The second kappa shape index (κ2) is 5.10. The van der Waals surface area contributed by atoms with Crippen LogP contribution in [-0.2, 0) is 5.60 Å². The third-order valence-electron chi connectivity index (χ3n) is 3.21. The normalized spacial score (nSPS) is 17.0. The Bertz CT molecular complexity index is 537. The lowest BCUT2D eigenvalue weighted by Crippen LogP contribution is -2.49. The first-order valence-electron chi connectivity index (χ1n) is 5.62. The lowest BCUT2D eigenvalue weighted by molar-refractivity contribution is 0.0224. The SMILES string of the molecule is CNC(C(Cl)Cl)C(C)(O)c1ccc2ccoc2c1. The van der Waals surface area contributed by atoms with Crippen LogP contribution in [0.3, 0.4) is 0 Å². The summed E-state index contributed by atoms with van der Waals surface area (Å²) < 4.78 is 5.33. The molecule has 0 saturated carbocycles. The molecule has 0 aliphatic rings. The average Bonchev–Trinajstić information content (AvgIpc) is 2.75. The zero-order chi connectivity index (χ0) is 13.3. The van der Waals surface area contributed by atoms with Crippen molar-refractivity contribution in [3.63, 3.8) is 0 Å². The molecule has 1 heterocycles. The first-order chi connectivity index (χ1) is 8.46. The Kier molecular flexibility index (Phi) is 3.87. The third kappa shape index (κ3) is 2.36. The van der Waals surface area contributed by atoms with E-state index in [4.69, 9.17) is 27.6 Å². The molecule has 18 heavy (non-hydrogen) atoms. The van der Waals surface area contributed by atoms with E-state index in [1.807, 2.05) is 18.2 Å². The Morgan fingerprint density at radius 1 is 1.33 bits per heavy atom. The standard InChI is InChI=1S/C13H15Cl2NO2/c1-13(17,11(16-2)12(14)15)9-4-3-8-5-6-18-10(8)7-9/h3-7,11-12,16-17H,1-2H3. The van der Waals surface area contributed by atoms with Crippen molar-refractivity contribution in [3.8, 4) is 0 Å². The van der Waals surface area contributed by atoms with Gasteiger partial charge >= 0.3 is 0 Å². The number of alkyl halides is 2. The summed E-state index contributed by atoms with van der Waals surface area (Å²) in [6.45, 7) is 1.68. The van der Waals surface area contributed by atoms with Gasteiger partial charge in [-0.15, -0.1) is 23.2 Å². The molecule has 5 heteroatoms. The van der Waals surface area contributed by atoms with Gasteiger partial charge in [0.15, 0.2) is 0 Å². The van der Waals surface area contributed by atoms with Gasteiger partial charge in [-0.05, 0) is 31.7 Å². The van der Waals surface area contributed by atoms with Crippen LogP contribution in [0.2, 0.25) is 0 Å². The fourth-order valence-electron chi connectivity index (χ4n) is 2.10. The molecule has 0 aliphatic heterocycles. The maximum atomic E-state index is 10.6. The first kappa shape index (κ1) is 13.7. The molecule has 0 aliphatic carbocycles. The zero-order valence-corrected chi connectivity index (χ0v) is 11.7. The van der Waals surface area contributed by atoms with Gasteiger partial charge in [0.05, 0.1) is 12.3 Å². The van der Waals surface area contributed by atoms with Crippen molar-refractivity contribution < 1.29 is 9.52 Å². The van der Waals surface area contributed by atoms with E-state index >= 15 is 0 Å². The van der Waals surface area contributed by atoms with E-state index in [1.165, 1.54) is 0 Å². The van der Waals surface area contributed by atoms with Crippen LogP contribution in [0.1, 0.15) is 12.5 Å². The molecular weight excluding hydrogens is 273 g/mol. The molecule has 3 nitrogen and oxygen atoms in total. The lowest BCUT2D eigenvalue weighted by Gasteiger charge is -2.34. The van der Waals surface area contributed by atoms with Crippen molar-refractivity contribution in [1.82, 2.24) is 5.32 Å². The molecule has 0 fully saturated rings. The molecule has 1 aromatic heterocycles. The van der Waals surface area contributed by atoms with Gasteiger partial charge in [0.25, 0.3) is 0 Å². The van der Waals surface area contributed by atoms with E-state index in [1.54, 1.807) is 26.3 Å². The fraction of sp³-hybridized carbons (Fsp3) is 0.385. The number of furan rings is 1. The summed E-state index contributed by atoms with van der Waals surface area (Å²) in [5, 5.41) is 14.6. The molecule has 0 amide bonds. The predicted octanol–water partition coefficient (Wildman–Crippen LogP) is 3.03. The van der Waals surface area contributed by atoms with E-state index in [0.717, 1.165) is 11.0 Å². The number of aliphatic hydroxyl groups is 1. The molecular formula is C13H15Cl2NO2. The summed E-state index contributed by atoms with van der Waals surface area (Å²) in [5.41, 5.74) is 0.239. The highest BCUT2D eigenvalue weighted by Gasteiger charge is 2.37. The van der Waals surface area contributed by atoms with Crippen LogP contribution in [0.25, 0.3) is 11.0 Å². The average molecular weight is 288 g/mol. The van der Waals surface area contributed by atoms with Crippen molar-refractivity contribution in [3.05, 3.63) is 36.1 Å². The largest absolute Gasteiger partial charge is 0.464 e. The topological polar surface area (TPSA) is 45.4 Å². The van der Waals surface area contributed by atoms with E-state index in [2.05, 4.69) is 5.32 Å². The van der Waals surface area contributed by atoms with Gasteiger partial charge in [-0.3, -0.25) is 0 Å². The van der Waals surface area contributed by atoms with Crippen LogP contribution < -0.4 is 5.32 Å². The van der Waals surface area contributed by atoms with Crippen LogP contribution in [0.5, 0.6) is 0 Å². The molecule has 98 valence electrons. The van der Waals surface area contributed by atoms with E-state index in [0.29, 0.717) is 5.56 Å². The van der Waals surface area contributed by atoms with E-state index in [-0.39, 0.29) is 0 Å². The van der Waals surface area contributed by atoms with Gasteiger partial charge < -0.3 is 14.8 Å². The van der Waals surface area contributed by atoms with Crippen LogP contribution in [-0.4, -0.2) is 23.0 Å². The van der Waals surface area contributed by atoms with E-state index < -0.39 is 16.5 Å². The highest BCUT2D eigenvalue weighted by Crippen LogP contribution is 2.31. The minimum Gasteiger partial charge on any atom is -0.464 e. The Morgan fingerprint density at radius 3 is 2.67 bits per heavy atom. The van der Waals surface area contributed by atoms with Crippen molar-refractivity contribution in [1.29, 1.82) is 0 Å². The second-order valence-corrected chi connectivity index (χ2v) is 5.59. The summed E-state index contributed by atoms with van der Waals surface area (Å²) in [6.07, 6.45) is 1.62. The fourth-order valence-corrected chi connectivity index (χ4v) is 2.84. The summed E-state index contributed by atoms with van der Waals surface area (Å²) in [7, 11) is 1.71. The molecule has 0 radical (unpaired) electrons. The summed E-state index contributed by atoms with van der Waals surface area (Å²) in [6, 6.07) is 6.93. The number of halogens is 2. The third-order valence-corrected chi connectivity index (χ3v) is 3.71. The number of rotatable bonds is 4. The van der Waals surface area contributed by atoms with Crippen molar-refractivity contribution in [2.45, 2.75) is 23.4 Å². The quantitative estimate of drug-likeness (QED) is 0.850. The molecule has 0 bridgehead atoms. The molecule has 2 aromatic rings. The molecule has 0 saturated heterocycles. The van der Waals surface area contributed by atoms with Crippen LogP contribution in [0.4, 0.5) is 0 Å². The number of hydrogen-bond acceptors (Lipinski definition) is 3. The van der Waals surface area contributed by atoms with Crippen molar-refractivity contribution in [2.75, 3.05) is 7.05 Å².